The van der Waals surface area contributed by atoms with Gasteiger partial charge in [-0.15, -0.1) is 0 Å². The van der Waals surface area contributed by atoms with Gasteiger partial charge in [-0.3, -0.25) is 10.00 Å². The van der Waals surface area contributed by atoms with Crippen LogP contribution in [0, 0.1) is 6.92 Å². The minimum atomic E-state index is 0.343. The molecule has 27 heavy (non-hydrogen) atoms. The van der Waals surface area contributed by atoms with Crippen LogP contribution in [0.2, 0.25) is 0 Å². The topological polar surface area (TPSA) is 62.4 Å². The van der Waals surface area contributed by atoms with E-state index in [0.29, 0.717) is 12.6 Å². The third kappa shape index (κ3) is 5.97. The molecule has 0 bridgehead atoms. The minimum Gasteiger partial charge on any atom is -0.493 e. The summed E-state index contributed by atoms with van der Waals surface area (Å²) in [7, 11) is 1.70. The number of nitrogens with zero attached hydrogens (tertiary/aromatic N) is 2. The van der Waals surface area contributed by atoms with Gasteiger partial charge in [-0.05, 0) is 63.5 Å². The number of hydrogen-bond acceptors (Lipinski definition) is 5. The van der Waals surface area contributed by atoms with E-state index in [4.69, 9.17) is 9.47 Å². The van der Waals surface area contributed by atoms with E-state index >= 15 is 0 Å². The van der Waals surface area contributed by atoms with E-state index in [0.717, 1.165) is 42.4 Å². The number of aromatic nitrogens is 2. The molecular weight excluding hydrogens is 340 g/mol. The van der Waals surface area contributed by atoms with Gasteiger partial charge in [0.15, 0.2) is 11.5 Å². The quantitative estimate of drug-likeness (QED) is 0.671. The molecule has 0 saturated carbocycles. The van der Waals surface area contributed by atoms with Crippen molar-refractivity contribution in [2.75, 3.05) is 33.4 Å². The normalized spacial score (nSPS) is 15.8. The van der Waals surface area contributed by atoms with Crippen molar-refractivity contribution in [2.45, 2.75) is 45.7 Å². The van der Waals surface area contributed by atoms with Gasteiger partial charge in [0.1, 0.15) is 6.61 Å². The van der Waals surface area contributed by atoms with Gasteiger partial charge in [0.2, 0.25) is 0 Å². The maximum atomic E-state index is 5.95. The van der Waals surface area contributed by atoms with E-state index in [1.54, 1.807) is 7.11 Å². The van der Waals surface area contributed by atoms with Crippen LogP contribution in [0.15, 0.2) is 24.3 Å². The Balaban J connectivity index is 1.47. The highest BCUT2D eigenvalue weighted by Gasteiger charge is 2.12. The van der Waals surface area contributed by atoms with Crippen LogP contribution in [0.1, 0.15) is 36.7 Å². The molecule has 0 radical (unpaired) electrons. The number of rotatable bonds is 10. The number of hydrogen-bond donors (Lipinski definition) is 2. The number of ether oxygens (including phenoxy) is 2. The van der Waals surface area contributed by atoms with Crippen molar-refractivity contribution in [1.82, 2.24) is 20.4 Å². The molecule has 1 aliphatic rings. The monoisotopic (exact) mass is 372 g/mol. The van der Waals surface area contributed by atoms with E-state index in [9.17, 15) is 0 Å². The summed E-state index contributed by atoms with van der Waals surface area (Å²) in [4.78, 5) is 2.45. The van der Waals surface area contributed by atoms with Crippen molar-refractivity contribution < 1.29 is 9.47 Å². The average molecular weight is 373 g/mol. The van der Waals surface area contributed by atoms with Gasteiger partial charge in [0.05, 0.1) is 12.8 Å². The van der Waals surface area contributed by atoms with Gasteiger partial charge in [-0.1, -0.05) is 6.07 Å². The molecule has 1 unspecified atom stereocenters. The number of methoxy groups -OCH3 is 1. The molecule has 1 aliphatic heterocycles. The van der Waals surface area contributed by atoms with E-state index in [1.807, 2.05) is 13.0 Å². The molecular formula is C21H32N4O2. The number of nitrogens with one attached hydrogen (secondary N) is 2. The Kier molecular flexibility index (Phi) is 7.12. The molecule has 1 saturated heterocycles. The zero-order valence-electron chi connectivity index (χ0n) is 16.8. The Morgan fingerprint density at radius 1 is 1.22 bits per heavy atom. The average Bonchev–Trinajstić information content (AvgIpc) is 3.32. The largest absolute Gasteiger partial charge is 0.493 e. The van der Waals surface area contributed by atoms with Crippen molar-refractivity contribution in [3.8, 4) is 11.5 Å². The third-order valence-corrected chi connectivity index (χ3v) is 5.02. The van der Waals surface area contributed by atoms with Gasteiger partial charge in [0.25, 0.3) is 0 Å². The Morgan fingerprint density at radius 2 is 2.04 bits per heavy atom. The summed E-state index contributed by atoms with van der Waals surface area (Å²) < 4.78 is 11.5. The van der Waals surface area contributed by atoms with Gasteiger partial charge in [0, 0.05) is 31.2 Å². The summed E-state index contributed by atoms with van der Waals surface area (Å²) in [6, 6.07) is 8.61. The minimum absolute atomic E-state index is 0.343. The molecule has 1 fully saturated rings. The lowest BCUT2D eigenvalue weighted by molar-refractivity contribution is 0.230. The number of aromatic amines is 1. The Morgan fingerprint density at radius 3 is 2.74 bits per heavy atom. The van der Waals surface area contributed by atoms with Crippen molar-refractivity contribution in [3.05, 3.63) is 41.2 Å². The Labute approximate surface area is 162 Å². The van der Waals surface area contributed by atoms with Crippen LogP contribution in [0.5, 0.6) is 11.5 Å². The molecule has 0 amide bonds. The molecule has 3 rings (SSSR count). The summed E-state index contributed by atoms with van der Waals surface area (Å²) in [5, 5.41) is 10.8. The molecule has 148 valence electrons. The number of H-pyrrole nitrogens is 1. The van der Waals surface area contributed by atoms with Crippen molar-refractivity contribution in [2.24, 2.45) is 0 Å². The lowest BCUT2D eigenvalue weighted by atomic mass is 10.1. The SMILES string of the molecule is COc1cc(CNC(C)Cc2cc(C)[nH]n2)ccc1OCCN1CCCC1. The van der Waals surface area contributed by atoms with E-state index in [-0.39, 0.29) is 0 Å². The highest BCUT2D eigenvalue weighted by atomic mass is 16.5. The van der Waals surface area contributed by atoms with E-state index in [2.05, 4.69) is 45.5 Å². The van der Waals surface area contributed by atoms with Crippen molar-refractivity contribution >= 4 is 0 Å². The Bertz CT molecular complexity index is 710. The number of benzene rings is 1. The van der Waals surface area contributed by atoms with Crippen LogP contribution in [0.25, 0.3) is 0 Å². The second kappa shape index (κ2) is 9.76. The van der Waals surface area contributed by atoms with Gasteiger partial charge >= 0.3 is 0 Å². The second-order valence-electron chi connectivity index (χ2n) is 7.41. The molecule has 1 aromatic heterocycles. The predicted octanol–water partition coefficient (Wildman–Crippen LogP) is 2.92. The fraction of sp³-hybridized carbons (Fsp3) is 0.571. The first-order chi connectivity index (χ1) is 13.1. The number of aryl methyl sites for hydroxylation is 1. The molecule has 2 heterocycles. The molecule has 0 spiro atoms. The summed E-state index contributed by atoms with van der Waals surface area (Å²) in [5.41, 5.74) is 3.37. The van der Waals surface area contributed by atoms with Crippen LogP contribution in [-0.2, 0) is 13.0 Å². The lowest BCUT2D eigenvalue weighted by Gasteiger charge is -2.17. The molecule has 6 nitrogen and oxygen atoms in total. The van der Waals surface area contributed by atoms with Crippen LogP contribution < -0.4 is 14.8 Å². The standard InChI is InChI=1S/C21H32N4O2/c1-16(12-19-13-17(2)23-24-19)22-15-18-6-7-20(21(14-18)26-3)27-11-10-25-8-4-5-9-25/h6-7,13-14,16,22H,4-5,8-12,15H2,1-3H3,(H,23,24). The fourth-order valence-corrected chi connectivity index (χ4v) is 3.49. The first-order valence-corrected chi connectivity index (χ1v) is 9.90. The van der Waals surface area contributed by atoms with Gasteiger partial charge in [-0.2, -0.15) is 5.10 Å². The summed E-state index contributed by atoms with van der Waals surface area (Å²) >= 11 is 0. The summed E-state index contributed by atoms with van der Waals surface area (Å²) in [5.74, 6) is 1.62. The molecule has 2 N–H and O–H groups in total. The predicted molar refractivity (Wildman–Crippen MR) is 107 cm³/mol. The van der Waals surface area contributed by atoms with Gasteiger partial charge < -0.3 is 14.8 Å². The molecule has 1 atom stereocenters. The van der Waals surface area contributed by atoms with Crippen molar-refractivity contribution in [3.63, 3.8) is 0 Å². The van der Waals surface area contributed by atoms with Crippen LogP contribution >= 0.6 is 0 Å². The lowest BCUT2D eigenvalue weighted by Crippen LogP contribution is -2.27. The third-order valence-electron chi connectivity index (χ3n) is 5.02. The first-order valence-electron chi connectivity index (χ1n) is 9.90. The molecule has 1 aromatic carbocycles. The number of likely N-dealkylation sites (tertiary alicyclic amines) is 1. The highest BCUT2D eigenvalue weighted by molar-refractivity contribution is 5.43. The van der Waals surface area contributed by atoms with E-state index in [1.165, 1.54) is 31.5 Å². The van der Waals surface area contributed by atoms with E-state index < -0.39 is 0 Å². The van der Waals surface area contributed by atoms with Gasteiger partial charge in [-0.25, -0.2) is 0 Å². The highest BCUT2D eigenvalue weighted by Crippen LogP contribution is 2.28. The summed E-state index contributed by atoms with van der Waals surface area (Å²) in [6.07, 6.45) is 3.52. The zero-order valence-corrected chi connectivity index (χ0v) is 16.8. The molecule has 6 heteroatoms. The summed E-state index contributed by atoms with van der Waals surface area (Å²) in [6.45, 7) is 9.06. The smallest absolute Gasteiger partial charge is 0.161 e. The van der Waals surface area contributed by atoms with Crippen LogP contribution in [0.4, 0.5) is 0 Å². The maximum Gasteiger partial charge on any atom is 0.161 e. The van der Waals surface area contributed by atoms with Crippen LogP contribution in [-0.4, -0.2) is 54.5 Å². The second-order valence-corrected chi connectivity index (χ2v) is 7.41. The molecule has 2 aromatic rings. The fourth-order valence-electron chi connectivity index (χ4n) is 3.49. The van der Waals surface area contributed by atoms with Crippen LogP contribution in [0.3, 0.4) is 0 Å². The Hall–Kier alpha value is -2.05. The maximum absolute atomic E-state index is 5.95. The van der Waals surface area contributed by atoms with Crippen molar-refractivity contribution in [1.29, 1.82) is 0 Å². The first kappa shape index (κ1) is 19.7. The molecule has 0 aliphatic carbocycles. The zero-order chi connectivity index (χ0) is 19.1.